The molecule has 0 spiro atoms. The summed E-state index contributed by atoms with van der Waals surface area (Å²) < 4.78 is 12.4. The second-order valence-electron chi connectivity index (χ2n) is 7.94. The second-order valence-corrected chi connectivity index (χ2v) is 7.94. The van der Waals surface area contributed by atoms with Crippen LogP contribution in [0.15, 0.2) is 30.3 Å². The summed E-state index contributed by atoms with van der Waals surface area (Å²) in [4.78, 5) is 26.0. The Kier molecular flexibility index (Phi) is 6.34. The highest BCUT2D eigenvalue weighted by Crippen LogP contribution is 2.29. The lowest BCUT2D eigenvalue weighted by atomic mass is 10.2. The van der Waals surface area contributed by atoms with Crippen molar-refractivity contribution in [1.29, 1.82) is 0 Å². The minimum atomic E-state index is -0.177. The Morgan fingerprint density at radius 3 is 2.30 bits per heavy atom. The topological polar surface area (TPSA) is 97.6 Å². The number of aryl methyl sites for hydroxylation is 3. The third-order valence-electron chi connectivity index (χ3n) is 5.58. The Bertz CT molecular complexity index is 1150. The van der Waals surface area contributed by atoms with E-state index in [1.807, 2.05) is 37.6 Å². The largest absolute Gasteiger partial charge is 0.497 e. The maximum Gasteiger partial charge on any atom is 0.322 e. The van der Waals surface area contributed by atoms with Crippen LogP contribution in [0, 0.1) is 20.8 Å². The molecule has 0 atom stereocenters. The summed E-state index contributed by atoms with van der Waals surface area (Å²) >= 11 is 0. The fourth-order valence-corrected chi connectivity index (χ4v) is 3.91. The molecule has 1 N–H and O–H groups in total. The van der Waals surface area contributed by atoms with E-state index < -0.39 is 0 Å². The van der Waals surface area contributed by atoms with Gasteiger partial charge in [-0.1, -0.05) is 0 Å². The van der Waals surface area contributed by atoms with E-state index in [-0.39, 0.29) is 6.03 Å². The summed E-state index contributed by atoms with van der Waals surface area (Å²) in [6.07, 6.45) is 0. The Balaban J connectivity index is 1.44. The number of carbonyl (C=O) groups excluding carboxylic acids is 1. The molecule has 3 aromatic rings. The number of piperazine rings is 1. The minimum Gasteiger partial charge on any atom is -0.497 e. The summed E-state index contributed by atoms with van der Waals surface area (Å²) in [5.41, 5.74) is 2.54. The quantitative estimate of drug-likeness (QED) is 0.637. The van der Waals surface area contributed by atoms with Gasteiger partial charge in [-0.05, 0) is 39.0 Å². The first-order chi connectivity index (χ1) is 15.9. The summed E-state index contributed by atoms with van der Waals surface area (Å²) in [6.45, 7) is 8.30. The van der Waals surface area contributed by atoms with Crippen LogP contribution in [0.3, 0.4) is 0 Å². The van der Waals surface area contributed by atoms with Crippen LogP contribution < -0.4 is 19.7 Å². The van der Waals surface area contributed by atoms with E-state index in [4.69, 9.17) is 9.47 Å². The zero-order valence-electron chi connectivity index (χ0n) is 19.6. The summed E-state index contributed by atoms with van der Waals surface area (Å²) in [5, 5.41) is 7.47. The lowest BCUT2D eigenvalue weighted by Gasteiger charge is -2.35. The van der Waals surface area contributed by atoms with Gasteiger partial charge in [-0.2, -0.15) is 5.10 Å². The summed E-state index contributed by atoms with van der Waals surface area (Å²) in [7, 11) is 3.15. The SMILES string of the molecule is COc1ccc(OC)c(NC(=O)N2CCN(c3cc(-n4nc(C)cc4C)nc(C)n3)CC2)c1. The number of benzene rings is 1. The van der Waals surface area contributed by atoms with Gasteiger partial charge in [0.15, 0.2) is 5.82 Å². The average molecular weight is 452 g/mol. The monoisotopic (exact) mass is 451 g/mol. The third kappa shape index (κ3) is 4.84. The van der Waals surface area contributed by atoms with Crippen LogP contribution in [0.25, 0.3) is 5.82 Å². The van der Waals surface area contributed by atoms with Crippen LogP contribution in [0.4, 0.5) is 16.3 Å². The number of methoxy groups -OCH3 is 2. The molecule has 10 heteroatoms. The van der Waals surface area contributed by atoms with Gasteiger partial charge in [0.1, 0.15) is 23.1 Å². The van der Waals surface area contributed by atoms with Gasteiger partial charge in [0.2, 0.25) is 0 Å². The molecular formula is C23H29N7O3. The Hall–Kier alpha value is -3.82. The molecule has 0 unspecified atom stereocenters. The molecule has 1 saturated heterocycles. The lowest BCUT2D eigenvalue weighted by molar-refractivity contribution is 0.208. The molecule has 10 nitrogen and oxygen atoms in total. The fraction of sp³-hybridized carbons (Fsp3) is 0.391. The molecule has 2 amide bonds. The number of amides is 2. The van der Waals surface area contributed by atoms with Crippen LogP contribution in [0.2, 0.25) is 0 Å². The predicted octanol–water partition coefficient (Wildman–Crippen LogP) is 2.96. The molecule has 3 heterocycles. The lowest BCUT2D eigenvalue weighted by Crippen LogP contribution is -2.50. The van der Waals surface area contributed by atoms with Crippen LogP contribution in [-0.2, 0) is 0 Å². The number of ether oxygens (including phenoxy) is 2. The van der Waals surface area contributed by atoms with Crippen molar-refractivity contribution in [1.82, 2.24) is 24.6 Å². The number of nitrogens with zero attached hydrogens (tertiary/aromatic N) is 6. The van der Waals surface area contributed by atoms with E-state index in [0.717, 1.165) is 23.0 Å². The molecule has 1 aliphatic rings. The molecule has 1 aliphatic heterocycles. The standard InChI is InChI=1S/C23H29N7O3/c1-15-12-16(2)30(27-15)22-14-21(24-17(3)25-22)28-8-10-29(11-9-28)23(31)26-19-13-18(32-4)6-7-20(19)33-5/h6-7,12-14H,8-11H2,1-5H3,(H,26,31). The highest BCUT2D eigenvalue weighted by atomic mass is 16.5. The van der Waals surface area contributed by atoms with Crippen molar-refractivity contribution in [2.75, 3.05) is 50.6 Å². The number of urea groups is 1. The third-order valence-corrected chi connectivity index (χ3v) is 5.58. The van der Waals surface area contributed by atoms with Crippen molar-refractivity contribution in [3.05, 3.63) is 47.5 Å². The number of rotatable bonds is 5. The minimum absolute atomic E-state index is 0.177. The highest BCUT2D eigenvalue weighted by Gasteiger charge is 2.24. The van der Waals surface area contributed by atoms with Gasteiger partial charge in [0.05, 0.1) is 25.6 Å². The number of hydrogen-bond acceptors (Lipinski definition) is 7. The van der Waals surface area contributed by atoms with Gasteiger partial charge in [0, 0.05) is 44.0 Å². The predicted molar refractivity (Wildman–Crippen MR) is 126 cm³/mol. The van der Waals surface area contributed by atoms with Crippen LogP contribution >= 0.6 is 0 Å². The Morgan fingerprint density at radius 1 is 0.939 bits per heavy atom. The highest BCUT2D eigenvalue weighted by molar-refractivity contribution is 5.91. The van der Waals surface area contributed by atoms with Crippen molar-refractivity contribution in [2.45, 2.75) is 20.8 Å². The molecule has 174 valence electrons. The molecule has 0 aliphatic carbocycles. The number of anilines is 2. The number of aromatic nitrogens is 4. The molecule has 0 saturated carbocycles. The van der Waals surface area contributed by atoms with E-state index >= 15 is 0 Å². The fourth-order valence-electron chi connectivity index (χ4n) is 3.91. The van der Waals surface area contributed by atoms with Gasteiger partial charge >= 0.3 is 6.03 Å². The molecule has 0 radical (unpaired) electrons. The summed E-state index contributed by atoms with van der Waals surface area (Å²) in [5.74, 6) is 3.48. The molecule has 33 heavy (non-hydrogen) atoms. The Morgan fingerprint density at radius 2 is 1.67 bits per heavy atom. The Labute approximate surface area is 193 Å². The first kappa shape index (κ1) is 22.4. The van der Waals surface area contributed by atoms with Crippen LogP contribution in [-0.4, -0.2) is 71.1 Å². The van der Waals surface area contributed by atoms with Gasteiger partial charge < -0.3 is 24.6 Å². The molecule has 2 aromatic heterocycles. The molecular weight excluding hydrogens is 422 g/mol. The van der Waals surface area contributed by atoms with Crippen LogP contribution in [0.5, 0.6) is 11.5 Å². The van der Waals surface area contributed by atoms with E-state index in [9.17, 15) is 4.79 Å². The van der Waals surface area contributed by atoms with Crippen molar-refractivity contribution >= 4 is 17.5 Å². The summed E-state index contributed by atoms with van der Waals surface area (Å²) in [6, 6.07) is 9.09. The number of nitrogens with one attached hydrogen (secondary N) is 1. The average Bonchev–Trinajstić information content (AvgIpc) is 3.16. The molecule has 1 aromatic carbocycles. The number of hydrogen-bond donors (Lipinski definition) is 1. The van der Waals surface area contributed by atoms with Gasteiger partial charge in [-0.15, -0.1) is 0 Å². The van der Waals surface area contributed by atoms with Crippen molar-refractivity contribution in [3.63, 3.8) is 0 Å². The van der Waals surface area contributed by atoms with Gasteiger partial charge in [0.25, 0.3) is 0 Å². The van der Waals surface area contributed by atoms with E-state index in [1.54, 1.807) is 37.3 Å². The first-order valence-electron chi connectivity index (χ1n) is 10.8. The number of carbonyl (C=O) groups is 1. The normalized spacial score (nSPS) is 13.7. The maximum atomic E-state index is 12.9. The second kappa shape index (κ2) is 9.35. The smallest absolute Gasteiger partial charge is 0.322 e. The van der Waals surface area contributed by atoms with E-state index in [0.29, 0.717) is 49.2 Å². The molecule has 4 rings (SSSR count). The van der Waals surface area contributed by atoms with E-state index in [2.05, 4.69) is 25.3 Å². The zero-order chi connectivity index (χ0) is 23.5. The van der Waals surface area contributed by atoms with Crippen molar-refractivity contribution < 1.29 is 14.3 Å². The van der Waals surface area contributed by atoms with E-state index in [1.165, 1.54) is 0 Å². The van der Waals surface area contributed by atoms with Gasteiger partial charge in [-0.3, -0.25) is 0 Å². The maximum absolute atomic E-state index is 12.9. The molecule has 1 fully saturated rings. The van der Waals surface area contributed by atoms with Crippen LogP contribution in [0.1, 0.15) is 17.2 Å². The molecule has 0 bridgehead atoms. The zero-order valence-corrected chi connectivity index (χ0v) is 19.6. The van der Waals surface area contributed by atoms with Gasteiger partial charge in [-0.25, -0.2) is 19.4 Å². The first-order valence-corrected chi connectivity index (χ1v) is 10.8. The van der Waals surface area contributed by atoms with Crippen molar-refractivity contribution in [3.8, 4) is 17.3 Å². The van der Waals surface area contributed by atoms with Crippen molar-refractivity contribution in [2.24, 2.45) is 0 Å².